The topological polar surface area (TPSA) is 140 Å². The Kier molecular flexibility index (Phi) is 15.1. The summed E-state index contributed by atoms with van der Waals surface area (Å²) in [6.07, 6.45) is 8.65. The zero-order chi connectivity index (χ0) is 29.3. The molecule has 0 saturated heterocycles. The summed E-state index contributed by atoms with van der Waals surface area (Å²) in [5.41, 5.74) is 2.90. The summed E-state index contributed by atoms with van der Waals surface area (Å²) in [6, 6.07) is 0. The molecule has 0 aromatic carbocycles. The largest absolute Gasteiger partial charge is 0.412 e. The zero-order valence-electron chi connectivity index (χ0n) is 24.6. The Morgan fingerprint density at radius 3 is 2.55 bits per heavy atom. The van der Waals surface area contributed by atoms with Crippen LogP contribution in [-0.2, 0) is 4.79 Å². The van der Waals surface area contributed by atoms with E-state index >= 15 is 0 Å². The Morgan fingerprint density at radius 1 is 1.17 bits per heavy atom. The van der Waals surface area contributed by atoms with Gasteiger partial charge in [0, 0.05) is 52.8 Å². The van der Waals surface area contributed by atoms with Crippen molar-refractivity contribution in [1.29, 1.82) is 0 Å². The van der Waals surface area contributed by atoms with Crippen molar-refractivity contribution >= 4 is 29.7 Å². The SMILES string of the molecule is CCN(CC)CCNC(=O)c1c(C)[nH]c(/C=C2/C=C/C(SCC3=C(C(F)(F)F)CCC=C3)C/C=C/NC2=O)c1C.O.O. The summed E-state index contributed by atoms with van der Waals surface area (Å²) in [4.78, 5) is 31.3. The molecule has 1 atom stereocenters. The van der Waals surface area contributed by atoms with Crippen molar-refractivity contribution in [1.82, 2.24) is 20.5 Å². The number of allylic oxidation sites excluding steroid dienone is 4. The van der Waals surface area contributed by atoms with Crippen LogP contribution in [0.2, 0.25) is 0 Å². The van der Waals surface area contributed by atoms with Gasteiger partial charge in [0.25, 0.3) is 11.8 Å². The highest BCUT2D eigenvalue weighted by molar-refractivity contribution is 8.00. The molecule has 0 spiro atoms. The number of hydrogen-bond acceptors (Lipinski definition) is 4. The second-order valence-corrected chi connectivity index (χ2v) is 11.0. The van der Waals surface area contributed by atoms with E-state index in [4.69, 9.17) is 0 Å². The van der Waals surface area contributed by atoms with E-state index in [0.29, 0.717) is 47.5 Å². The summed E-state index contributed by atoms with van der Waals surface area (Å²) in [7, 11) is 0. The normalized spacial score (nSPS) is 19.8. The lowest BCUT2D eigenvalue weighted by atomic mass is 9.98. The van der Waals surface area contributed by atoms with E-state index < -0.39 is 11.7 Å². The number of thioether (sulfide) groups is 1. The molecule has 3 rings (SSSR count). The number of halogens is 3. The fourth-order valence-corrected chi connectivity index (χ4v) is 5.86. The number of carbonyl (C=O) groups excluding carboxylic acids is 2. The number of aromatic nitrogens is 1. The zero-order valence-corrected chi connectivity index (χ0v) is 25.4. The molecule has 0 bridgehead atoms. The number of alkyl halides is 3. The van der Waals surface area contributed by atoms with Gasteiger partial charge in [-0.1, -0.05) is 44.2 Å². The predicted molar refractivity (Wildman–Crippen MR) is 164 cm³/mol. The lowest BCUT2D eigenvalue weighted by molar-refractivity contribution is -0.116. The van der Waals surface area contributed by atoms with Crippen molar-refractivity contribution < 1.29 is 33.7 Å². The molecule has 42 heavy (non-hydrogen) atoms. The van der Waals surface area contributed by atoms with Crippen molar-refractivity contribution in [3.05, 3.63) is 75.8 Å². The van der Waals surface area contributed by atoms with Crippen LogP contribution in [0.25, 0.3) is 6.08 Å². The number of amides is 2. The first-order valence-electron chi connectivity index (χ1n) is 13.7. The molecule has 1 aliphatic heterocycles. The third-order valence-electron chi connectivity index (χ3n) is 7.13. The van der Waals surface area contributed by atoms with Gasteiger partial charge in [-0.15, -0.1) is 11.8 Å². The second kappa shape index (κ2) is 17.2. The molecule has 7 N–H and O–H groups in total. The van der Waals surface area contributed by atoms with Gasteiger partial charge in [-0.3, -0.25) is 9.59 Å². The molecule has 1 aliphatic carbocycles. The Balaban J connectivity index is 0.00000441. The van der Waals surface area contributed by atoms with Gasteiger partial charge in [0.15, 0.2) is 0 Å². The van der Waals surface area contributed by atoms with Gasteiger partial charge < -0.3 is 31.5 Å². The Hall–Kier alpha value is -3.06. The average Bonchev–Trinajstić information content (AvgIpc) is 3.24. The quantitative estimate of drug-likeness (QED) is 0.338. The smallest absolute Gasteiger partial charge is 0.412 e. The van der Waals surface area contributed by atoms with Crippen molar-refractivity contribution in [2.24, 2.45) is 0 Å². The number of rotatable bonds is 10. The summed E-state index contributed by atoms with van der Waals surface area (Å²) >= 11 is 1.41. The lowest BCUT2D eigenvalue weighted by Gasteiger charge is -2.19. The molecule has 234 valence electrons. The minimum atomic E-state index is -4.33. The van der Waals surface area contributed by atoms with Gasteiger partial charge in [-0.25, -0.2) is 0 Å². The highest BCUT2D eigenvalue weighted by atomic mass is 32.2. The van der Waals surface area contributed by atoms with Gasteiger partial charge in [0.1, 0.15) is 0 Å². The van der Waals surface area contributed by atoms with Crippen LogP contribution in [0.1, 0.15) is 60.4 Å². The first kappa shape index (κ1) is 37.0. The number of carbonyl (C=O) groups is 2. The molecule has 2 heterocycles. The summed E-state index contributed by atoms with van der Waals surface area (Å²) in [6.45, 7) is 11.0. The van der Waals surface area contributed by atoms with Gasteiger partial charge >= 0.3 is 6.18 Å². The Labute approximate surface area is 249 Å². The maximum atomic E-state index is 13.5. The van der Waals surface area contributed by atoms with Crippen LogP contribution in [0.4, 0.5) is 13.2 Å². The highest BCUT2D eigenvalue weighted by Crippen LogP contribution is 2.36. The van der Waals surface area contributed by atoms with Crippen LogP contribution in [0.3, 0.4) is 0 Å². The molecule has 0 fully saturated rings. The fraction of sp³-hybridized carbons (Fsp3) is 0.467. The van der Waals surface area contributed by atoms with E-state index in [1.165, 1.54) is 11.8 Å². The molecule has 1 aromatic rings. The van der Waals surface area contributed by atoms with E-state index in [1.54, 1.807) is 30.5 Å². The number of nitrogens with zero attached hydrogens (tertiary/aromatic N) is 1. The first-order chi connectivity index (χ1) is 19.0. The van der Waals surface area contributed by atoms with Gasteiger partial charge in [0.05, 0.1) is 5.56 Å². The van der Waals surface area contributed by atoms with E-state index in [1.807, 2.05) is 26.0 Å². The molecule has 2 aliphatic rings. The summed E-state index contributed by atoms with van der Waals surface area (Å²) in [5, 5.41) is 5.61. The van der Waals surface area contributed by atoms with E-state index in [9.17, 15) is 22.8 Å². The van der Waals surface area contributed by atoms with E-state index in [-0.39, 0.29) is 40.2 Å². The van der Waals surface area contributed by atoms with E-state index in [0.717, 1.165) is 25.2 Å². The number of hydrogen-bond donors (Lipinski definition) is 3. The highest BCUT2D eigenvalue weighted by Gasteiger charge is 2.35. The van der Waals surface area contributed by atoms with Crippen LogP contribution in [0.15, 0.2) is 53.3 Å². The molecule has 1 aromatic heterocycles. The van der Waals surface area contributed by atoms with Gasteiger partial charge in [0.2, 0.25) is 0 Å². The predicted octanol–water partition coefficient (Wildman–Crippen LogP) is 4.34. The van der Waals surface area contributed by atoms with Crippen LogP contribution >= 0.6 is 11.8 Å². The maximum Gasteiger partial charge on any atom is 0.412 e. The van der Waals surface area contributed by atoms with Gasteiger partial charge in [-0.2, -0.15) is 13.2 Å². The number of H-pyrrole nitrogens is 1. The third-order valence-corrected chi connectivity index (χ3v) is 8.38. The first-order valence-corrected chi connectivity index (χ1v) is 14.7. The average molecular weight is 613 g/mol. The van der Waals surface area contributed by atoms with Crippen LogP contribution in [0.5, 0.6) is 0 Å². The number of likely N-dealkylation sites (N-methyl/N-ethyl adjacent to an activating group) is 1. The van der Waals surface area contributed by atoms with Crippen molar-refractivity contribution in [3.63, 3.8) is 0 Å². The van der Waals surface area contributed by atoms with Crippen molar-refractivity contribution in [2.45, 2.75) is 58.4 Å². The monoisotopic (exact) mass is 612 g/mol. The standard InChI is InChI=1S/C30H39F3N4O2S.2H2O/c1-5-37(6-2)17-16-35-29(39)27-20(3)26(36-21(27)4)18-22-13-14-24(11-9-15-34-28(22)38)40-19-23-10-7-8-12-25(23)30(31,32)33;;/h7,9-10,13-15,18,24,36H,5-6,8,11-12,16-17,19H2,1-4H3,(H,34,38)(H,35,39);2*1H2/b14-13+,15-9+,22-18-;;. The third kappa shape index (κ3) is 10.0. The van der Waals surface area contributed by atoms with Gasteiger partial charge in [-0.05, 0) is 63.4 Å². The molecular weight excluding hydrogens is 569 g/mol. The maximum absolute atomic E-state index is 13.5. The second-order valence-electron chi connectivity index (χ2n) is 9.81. The fourth-order valence-electron chi connectivity index (χ4n) is 4.76. The lowest BCUT2D eigenvalue weighted by Crippen LogP contribution is -2.35. The summed E-state index contributed by atoms with van der Waals surface area (Å²) < 4.78 is 40.4. The van der Waals surface area contributed by atoms with E-state index in [2.05, 4.69) is 34.4 Å². The number of aryl methyl sites for hydroxylation is 1. The minimum Gasteiger partial charge on any atom is -0.412 e. The van der Waals surface area contributed by atoms with Crippen LogP contribution in [-0.4, -0.2) is 76.0 Å². The minimum absolute atomic E-state index is 0. The molecule has 1 unspecified atom stereocenters. The molecule has 0 saturated carbocycles. The molecule has 0 radical (unpaired) electrons. The molecule has 2 amide bonds. The van der Waals surface area contributed by atoms with Crippen LogP contribution in [0, 0.1) is 13.8 Å². The number of nitrogens with one attached hydrogen (secondary N) is 3. The Bertz CT molecular complexity index is 1230. The van der Waals surface area contributed by atoms with Crippen molar-refractivity contribution in [2.75, 3.05) is 31.9 Å². The Morgan fingerprint density at radius 2 is 1.88 bits per heavy atom. The van der Waals surface area contributed by atoms with Crippen LogP contribution < -0.4 is 10.6 Å². The molecular formula is C30H43F3N4O4S. The molecule has 8 nitrogen and oxygen atoms in total. The number of aromatic amines is 1. The molecule has 12 heteroatoms. The van der Waals surface area contributed by atoms with Crippen molar-refractivity contribution in [3.8, 4) is 0 Å². The summed E-state index contributed by atoms with van der Waals surface area (Å²) in [5.74, 6) is -0.246.